The number of hydrogen-bond donors (Lipinski definition) is 2. The molecule has 7 heteroatoms. The van der Waals surface area contributed by atoms with E-state index in [1.165, 1.54) is 0 Å². The Balaban J connectivity index is 2.05. The van der Waals surface area contributed by atoms with Crippen molar-refractivity contribution < 1.29 is 13.2 Å². The second-order valence-corrected chi connectivity index (χ2v) is 8.64. The molecular formula is C21H27N3O3S. The maximum absolute atomic E-state index is 12.0. The van der Waals surface area contributed by atoms with Crippen molar-refractivity contribution in [3.05, 3.63) is 42.5 Å². The van der Waals surface area contributed by atoms with Crippen molar-refractivity contribution in [2.45, 2.75) is 33.2 Å². The first-order chi connectivity index (χ1) is 13.4. The SMILES string of the molecule is CCCn1c(-c2ccc(NS(=O)(=O)CCC)cc2)c(N)c2cc(OC)ccc21. The Labute approximate surface area is 166 Å². The molecule has 0 saturated heterocycles. The van der Waals surface area contributed by atoms with Crippen LogP contribution in [-0.2, 0) is 16.6 Å². The predicted octanol–water partition coefficient (Wildman–Crippen LogP) is 4.46. The Hall–Kier alpha value is -2.67. The zero-order valence-electron chi connectivity index (χ0n) is 16.5. The molecule has 0 unspecified atom stereocenters. The first-order valence-electron chi connectivity index (χ1n) is 9.46. The highest BCUT2D eigenvalue weighted by molar-refractivity contribution is 7.92. The van der Waals surface area contributed by atoms with Crippen molar-refractivity contribution in [3.63, 3.8) is 0 Å². The molecule has 2 aromatic carbocycles. The van der Waals surface area contributed by atoms with Gasteiger partial charge in [-0.2, -0.15) is 0 Å². The number of aromatic nitrogens is 1. The highest BCUT2D eigenvalue weighted by Crippen LogP contribution is 2.38. The Morgan fingerprint density at radius 2 is 1.79 bits per heavy atom. The Morgan fingerprint density at radius 3 is 2.39 bits per heavy atom. The summed E-state index contributed by atoms with van der Waals surface area (Å²) in [6.07, 6.45) is 1.54. The number of nitrogen functional groups attached to an aromatic ring is 1. The monoisotopic (exact) mass is 401 g/mol. The molecule has 6 nitrogen and oxygen atoms in total. The van der Waals surface area contributed by atoms with Crippen LogP contribution in [0, 0.1) is 0 Å². The largest absolute Gasteiger partial charge is 0.497 e. The summed E-state index contributed by atoms with van der Waals surface area (Å²) < 4.78 is 34.1. The van der Waals surface area contributed by atoms with Gasteiger partial charge in [-0.25, -0.2) is 8.42 Å². The van der Waals surface area contributed by atoms with Crippen molar-refractivity contribution >= 4 is 32.3 Å². The molecule has 28 heavy (non-hydrogen) atoms. The highest BCUT2D eigenvalue weighted by Gasteiger charge is 2.17. The van der Waals surface area contributed by atoms with E-state index >= 15 is 0 Å². The van der Waals surface area contributed by atoms with Crippen LogP contribution in [-0.4, -0.2) is 25.8 Å². The standard InChI is InChI=1S/C21H27N3O3S/c1-4-12-24-19-11-10-17(27-3)14-18(19)20(22)21(24)15-6-8-16(9-7-15)23-28(25,26)13-5-2/h6-11,14,23H,4-5,12-13,22H2,1-3H3. The molecule has 0 atom stereocenters. The van der Waals surface area contributed by atoms with Crippen LogP contribution in [0.2, 0.25) is 0 Å². The number of nitrogens with one attached hydrogen (secondary N) is 1. The minimum atomic E-state index is -3.31. The van der Waals surface area contributed by atoms with Gasteiger partial charge in [0.2, 0.25) is 10.0 Å². The summed E-state index contributed by atoms with van der Waals surface area (Å²) in [5.74, 6) is 0.869. The zero-order chi connectivity index (χ0) is 20.3. The van der Waals surface area contributed by atoms with Crippen LogP contribution >= 0.6 is 0 Å². The van der Waals surface area contributed by atoms with Gasteiger partial charge in [-0.05, 0) is 43.2 Å². The summed E-state index contributed by atoms with van der Waals surface area (Å²) in [4.78, 5) is 0. The number of rotatable bonds is 8. The van der Waals surface area contributed by atoms with Crippen molar-refractivity contribution in [1.29, 1.82) is 0 Å². The Morgan fingerprint density at radius 1 is 1.07 bits per heavy atom. The molecule has 0 saturated carbocycles. The molecule has 1 heterocycles. The van der Waals surface area contributed by atoms with E-state index in [4.69, 9.17) is 10.5 Å². The topological polar surface area (TPSA) is 86.4 Å². The van der Waals surface area contributed by atoms with Gasteiger partial charge in [-0.15, -0.1) is 0 Å². The number of methoxy groups -OCH3 is 1. The number of fused-ring (bicyclic) bond motifs is 1. The van der Waals surface area contributed by atoms with Gasteiger partial charge in [-0.1, -0.05) is 26.0 Å². The molecule has 150 valence electrons. The fraction of sp³-hybridized carbons (Fsp3) is 0.333. The Bertz CT molecular complexity index is 1070. The molecule has 0 amide bonds. The first kappa shape index (κ1) is 20.1. The zero-order valence-corrected chi connectivity index (χ0v) is 17.3. The average molecular weight is 402 g/mol. The fourth-order valence-electron chi connectivity index (χ4n) is 3.45. The van der Waals surface area contributed by atoms with Crippen molar-refractivity contribution in [3.8, 4) is 17.0 Å². The minimum Gasteiger partial charge on any atom is -0.497 e. The highest BCUT2D eigenvalue weighted by atomic mass is 32.2. The van der Waals surface area contributed by atoms with E-state index in [0.29, 0.717) is 17.8 Å². The maximum atomic E-state index is 12.0. The third-order valence-corrected chi connectivity index (χ3v) is 6.15. The summed E-state index contributed by atoms with van der Waals surface area (Å²) in [6.45, 7) is 4.80. The molecule has 0 bridgehead atoms. The van der Waals surface area contributed by atoms with E-state index in [0.717, 1.165) is 40.9 Å². The molecule has 0 radical (unpaired) electrons. The number of sulfonamides is 1. The van der Waals surface area contributed by atoms with Crippen LogP contribution in [0.1, 0.15) is 26.7 Å². The molecule has 0 aliphatic carbocycles. The number of ether oxygens (including phenoxy) is 1. The summed E-state index contributed by atoms with van der Waals surface area (Å²) in [6, 6.07) is 13.3. The van der Waals surface area contributed by atoms with Gasteiger partial charge in [0, 0.05) is 23.2 Å². The van der Waals surface area contributed by atoms with Crippen molar-refractivity contribution in [2.24, 2.45) is 0 Å². The summed E-state index contributed by atoms with van der Waals surface area (Å²) >= 11 is 0. The van der Waals surface area contributed by atoms with Crippen LogP contribution in [0.25, 0.3) is 22.2 Å². The quantitative estimate of drug-likeness (QED) is 0.583. The molecule has 0 aliphatic heterocycles. The molecule has 0 spiro atoms. The summed E-state index contributed by atoms with van der Waals surface area (Å²) in [5, 5.41) is 0.954. The normalized spacial score (nSPS) is 11.7. The second kappa shape index (κ2) is 8.14. The molecule has 3 N–H and O–H groups in total. The van der Waals surface area contributed by atoms with Crippen LogP contribution in [0.15, 0.2) is 42.5 Å². The average Bonchev–Trinajstić information content (AvgIpc) is 2.94. The lowest BCUT2D eigenvalue weighted by Crippen LogP contribution is -2.15. The molecule has 1 aromatic heterocycles. The number of nitrogens with two attached hydrogens (primary N) is 1. The van der Waals surface area contributed by atoms with Crippen LogP contribution in [0.5, 0.6) is 5.75 Å². The van der Waals surface area contributed by atoms with Gasteiger partial charge in [0.15, 0.2) is 0 Å². The third kappa shape index (κ3) is 3.94. The van der Waals surface area contributed by atoms with E-state index in [1.54, 1.807) is 19.2 Å². The molecule has 3 rings (SSSR count). The number of benzene rings is 2. The molecule has 3 aromatic rings. The van der Waals surface area contributed by atoms with Crippen molar-refractivity contribution in [2.75, 3.05) is 23.3 Å². The third-order valence-electron chi connectivity index (χ3n) is 4.66. The van der Waals surface area contributed by atoms with E-state index in [1.807, 2.05) is 37.3 Å². The molecular weight excluding hydrogens is 374 g/mol. The maximum Gasteiger partial charge on any atom is 0.232 e. The molecule has 0 fully saturated rings. The van der Waals surface area contributed by atoms with Gasteiger partial charge < -0.3 is 15.0 Å². The van der Waals surface area contributed by atoms with Gasteiger partial charge >= 0.3 is 0 Å². The lowest BCUT2D eigenvalue weighted by Gasteiger charge is -2.12. The van der Waals surface area contributed by atoms with E-state index in [2.05, 4.69) is 16.2 Å². The molecule has 0 aliphatic rings. The number of anilines is 2. The number of hydrogen-bond acceptors (Lipinski definition) is 4. The number of nitrogens with zero attached hydrogens (tertiary/aromatic N) is 1. The van der Waals surface area contributed by atoms with E-state index < -0.39 is 10.0 Å². The lowest BCUT2D eigenvalue weighted by molar-refractivity contribution is 0.415. The van der Waals surface area contributed by atoms with Gasteiger partial charge in [0.05, 0.1) is 29.8 Å². The van der Waals surface area contributed by atoms with Crippen molar-refractivity contribution in [1.82, 2.24) is 4.57 Å². The number of aryl methyl sites for hydroxylation is 1. The smallest absolute Gasteiger partial charge is 0.232 e. The fourth-order valence-corrected chi connectivity index (χ4v) is 4.58. The van der Waals surface area contributed by atoms with Gasteiger partial charge in [0.1, 0.15) is 5.75 Å². The van der Waals surface area contributed by atoms with Crippen LogP contribution in [0.3, 0.4) is 0 Å². The lowest BCUT2D eigenvalue weighted by atomic mass is 10.1. The second-order valence-electron chi connectivity index (χ2n) is 6.80. The van der Waals surface area contributed by atoms with Gasteiger partial charge in [-0.3, -0.25) is 4.72 Å². The summed E-state index contributed by atoms with van der Waals surface area (Å²) in [5.41, 5.74) is 10.7. The van der Waals surface area contributed by atoms with Crippen LogP contribution in [0.4, 0.5) is 11.4 Å². The summed E-state index contributed by atoms with van der Waals surface area (Å²) in [7, 11) is -1.67. The Kier molecular flexibility index (Phi) is 5.84. The van der Waals surface area contributed by atoms with Gasteiger partial charge in [0.25, 0.3) is 0 Å². The van der Waals surface area contributed by atoms with E-state index in [9.17, 15) is 8.42 Å². The van der Waals surface area contributed by atoms with Crippen LogP contribution < -0.4 is 15.2 Å². The van der Waals surface area contributed by atoms with E-state index in [-0.39, 0.29) is 5.75 Å². The predicted molar refractivity (Wildman–Crippen MR) is 116 cm³/mol. The first-order valence-corrected chi connectivity index (χ1v) is 11.1. The minimum absolute atomic E-state index is 0.105.